The highest BCUT2D eigenvalue weighted by molar-refractivity contribution is 7.91. The van der Waals surface area contributed by atoms with Gasteiger partial charge in [0.25, 0.3) is 0 Å². The molecule has 0 aliphatic carbocycles. The highest BCUT2D eigenvalue weighted by Gasteiger charge is 2.09. The zero-order valence-corrected chi connectivity index (χ0v) is 10.1. The van der Waals surface area contributed by atoms with Crippen LogP contribution >= 0.6 is 12.2 Å². The summed E-state index contributed by atoms with van der Waals surface area (Å²) in [5.41, 5.74) is 0.603. The van der Waals surface area contributed by atoms with Gasteiger partial charge in [-0.25, -0.2) is 8.42 Å². The molecule has 86 valence electrons. The minimum absolute atomic E-state index is 0.0443. The Bertz CT molecular complexity index is 472. The van der Waals surface area contributed by atoms with Gasteiger partial charge in [0.05, 0.1) is 18.1 Å². The van der Waals surface area contributed by atoms with Crippen molar-refractivity contribution in [2.45, 2.75) is 20.1 Å². The van der Waals surface area contributed by atoms with Gasteiger partial charge >= 0.3 is 0 Å². The Morgan fingerprint density at radius 1 is 1.60 bits per heavy atom. The maximum absolute atomic E-state index is 11.3. The molecular formula is C8H14N2O3S2. The Hall–Kier alpha value is -0.660. The molecule has 0 aromatic carbocycles. The Balaban J connectivity index is 2.82. The molecule has 0 fully saturated rings. The van der Waals surface area contributed by atoms with E-state index in [1.165, 1.54) is 0 Å². The van der Waals surface area contributed by atoms with Gasteiger partial charge in [0, 0.05) is 18.5 Å². The van der Waals surface area contributed by atoms with Crippen LogP contribution in [0, 0.1) is 4.77 Å². The van der Waals surface area contributed by atoms with Gasteiger partial charge in [-0.3, -0.25) is 0 Å². The summed E-state index contributed by atoms with van der Waals surface area (Å²) in [5.74, 6) is 0.169. The van der Waals surface area contributed by atoms with Crippen molar-refractivity contribution in [2.75, 3.05) is 11.5 Å². The summed E-state index contributed by atoms with van der Waals surface area (Å²) in [6, 6.07) is 0. The number of aliphatic hydroxyl groups excluding tert-OH is 1. The van der Waals surface area contributed by atoms with Crippen LogP contribution in [0.5, 0.6) is 0 Å². The van der Waals surface area contributed by atoms with E-state index in [-0.39, 0.29) is 24.7 Å². The third kappa shape index (κ3) is 3.15. The smallest absolute Gasteiger partial charge is 0.177 e. The minimum Gasteiger partial charge on any atom is -0.390 e. The minimum atomic E-state index is -3.00. The van der Waals surface area contributed by atoms with Gasteiger partial charge in [-0.15, -0.1) is 0 Å². The van der Waals surface area contributed by atoms with Gasteiger partial charge in [-0.2, -0.15) is 0 Å². The third-order valence-electron chi connectivity index (χ3n) is 2.18. The van der Waals surface area contributed by atoms with Gasteiger partial charge in [-0.1, -0.05) is 6.92 Å². The second kappa shape index (κ2) is 4.91. The maximum atomic E-state index is 11.3. The molecule has 0 aliphatic rings. The Morgan fingerprint density at radius 3 is 2.80 bits per heavy atom. The SMILES string of the molecule is CCS(=O)(=O)CCn1c(CO)c[nH]c1=S. The fourth-order valence-electron chi connectivity index (χ4n) is 1.18. The van der Waals surface area contributed by atoms with Crippen LogP contribution in [0.2, 0.25) is 0 Å². The molecule has 1 aromatic rings. The molecule has 0 unspecified atom stereocenters. The summed E-state index contributed by atoms with van der Waals surface area (Å²) >= 11 is 4.97. The van der Waals surface area contributed by atoms with Crippen LogP contribution in [0.1, 0.15) is 12.6 Å². The number of sulfone groups is 1. The van der Waals surface area contributed by atoms with E-state index in [1.54, 1.807) is 17.7 Å². The molecular weight excluding hydrogens is 236 g/mol. The topological polar surface area (TPSA) is 75.1 Å². The van der Waals surface area contributed by atoms with Crippen LogP contribution in [-0.4, -0.2) is 34.6 Å². The Kier molecular flexibility index (Phi) is 4.06. The van der Waals surface area contributed by atoms with E-state index in [4.69, 9.17) is 17.3 Å². The summed E-state index contributed by atoms with van der Waals surface area (Å²) in [6.45, 7) is 1.74. The number of H-pyrrole nitrogens is 1. The molecule has 0 bridgehead atoms. The molecule has 5 nitrogen and oxygen atoms in total. The summed E-state index contributed by atoms with van der Waals surface area (Å²) in [7, 11) is -3.00. The third-order valence-corrected chi connectivity index (χ3v) is 4.20. The van der Waals surface area contributed by atoms with E-state index in [0.29, 0.717) is 10.5 Å². The van der Waals surface area contributed by atoms with E-state index >= 15 is 0 Å². The number of hydrogen-bond acceptors (Lipinski definition) is 4. The van der Waals surface area contributed by atoms with Crippen LogP contribution < -0.4 is 0 Å². The van der Waals surface area contributed by atoms with Crippen LogP contribution in [0.3, 0.4) is 0 Å². The molecule has 0 saturated carbocycles. The quantitative estimate of drug-likeness (QED) is 0.745. The van der Waals surface area contributed by atoms with Crippen molar-refractivity contribution in [2.24, 2.45) is 0 Å². The first kappa shape index (κ1) is 12.4. The van der Waals surface area contributed by atoms with Gasteiger partial charge in [-0.05, 0) is 12.2 Å². The van der Waals surface area contributed by atoms with Crippen LogP contribution in [0.25, 0.3) is 0 Å². The Labute approximate surface area is 93.7 Å². The molecule has 15 heavy (non-hydrogen) atoms. The first-order chi connectivity index (χ1) is 7.00. The second-order valence-electron chi connectivity index (χ2n) is 3.13. The first-order valence-corrected chi connectivity index (χ1v) is 6.81. The van der Waals surface area contributed by atoms with E-state index in [0.717, 1.165) is 0 Å². The molecule has 0 spiro atoms. The van der Waals surface area contributed by atoms with Crippen molar-refractivity contribution in [1.82, 2.24) is 9.55 Å². The molecule has 0 radical (unpaired) electrons. The lowest BCUT2D eigenvalue weighted by atomic mass is 10.5. The molecule has 2 N–H and O–H groups in total. The second-order valence-corrected chi connectivity index (χ2v) is 5.99. The van der Waals surface area contributed by atoms with Crippen LogP contribution in [-0.2, 0) is 23.0 Å². The molecule has 1 aromatic heterocycles. The summed E-state index contributed by atoms with van der Waals surface area (Å²) in [6.07, 6.45) is 1.58. The van der Waals surface area contributed by atoms with Gasteiger partial charge in [0.15, 0.2) is 14.6 Å². The average Bonchev–Trinajstić information content (AvgIpc) is 2.56. The number of nitrogens with one attached hydrogen (secondary N) is 1. The zero-order chi connectivity index (χ0) is 11.5. The highest BCUT2D eigenvalue weighted by Crippen LogP contribution is 2.03. The number of rotatable bonds is 5. The van der Waals surface area contributed by atoms with Crippen molar-refractivity contribution in [3.63, 3.8) is 0 Å². The van der Waals surface area contributed by atoms with Crippen LogP contribution in [0.15, 0.2) is 6.20 Å². The van der Waals surface area contributed by atoms with Gasteiger partial charge in [0.2, 0.25) is 0 Å². The van der Waals surface area contributed by atoms with Crippen molar-refractivity contribution < 1.29 is 13.5 Å². The van der Waals surface area contributed by atoms with Crippen molar-refractivity contribution in [3.05, 3.63) is 16.7 Å². The van der Waals surface area contributed by atoms with Crippen molar-refractivity contribution in [3.8, 4) is 0 Å². The molecule has 0 saturated heterocycles. The molecule has 1 heterocycles. The summed E-state index contributed by atoms with van der Waals surface area (Å²) < 4.78 is 24.6. The predicted octanol–water partition coefficient (Wildman–Crippen LogP) is 0.473. The average molecular weight is 250 g/mol. The van der Waals surface area contributed by atoms with Crippen molar-refractivity contribution >= 4 is 22.1 Å². The maximum Gasteiger partial charge on any atom is 0.177 e. The van der Waals surface area contributed by atoms with E-state index < -0.39 is 9.84 Å². The summed E-state index contributed by atoms with van der Waals surface area (Å²) in [4.78, 5) is 2.77. The number of aromatic amines is 1. The largest absolute Gasteiger partial charge is 0.390 e. The summed E-state index contributed by atoms with van der Waals surface area (Å²) in [5, 5.41) is 8.98. The number of aliphatic hydroxyl groups is 1. The first-order valence-electron chi connectivity index (χ1n) is 4.58. The fourth-order valence-corrected chi connectivity index (χ4v) is 2.20. The van der Waals surface area contributed by atoms with Crippen LogP contribution in [0.4, 0.5) is 0 Å². The standard InChI is InChI=1S/C8H14N2O3S2/c1-2-15(12,13)4-3-10-7(6-11)5-9-8(10)14/h5,11H,2-4,6H2,1H3,(H,9,14). The zero-order valence-electron chi connectivity index (χ0n) is 8.43. The number of nitrogens with zero attached hydrogens (tertiary/aromatic N) is 1. The van der Waals surface area contributed by atoms with Gasteiger partial charge < -0.3 is 14.7 Å². The number of imidazole rings is 1. The molecule has 0 amide bonds. The molecule has 0 atom stereocenters. The van der Waals surface area contributed by atoms with Crippen molar-refractivity contribution in [1.29, 1.82) is 0 Å². The van der Waals surface area contributed by atoms with Gasteiger partial charge in [0.1, 0.15) is 0 Å². The van der Waals surface area contributed by atoms with E-state index in [9.17, 15) is 8.42 Å². The molecule has 1 rings (SSSR count). The number of hydrogen-bond donors (Lipinski definition) is 2. The normalized spacial score (nSPS) is 11.9. The number of aromatic nitrogens is 2. The van der Waals surface area contributed by atoms with E-state index in [2.05, 4.69) is 4.98 Å². The fraction of sp³-hybridized carbons (Fsp3) is 0.625. The Morgan fingerprint density at radius 2 is 2.27 bits per heavy atom. The molecule has 7 heteroatoms. The monoisotopic (exact) mass is 250 g/mol. The van der Waals surface area contributed by atoms with E-state index in [1.807, 2.05) is 0 Å². The predicted molar refractivity (Wildman–Crippen MR) is 59.9 cm³/mol. The lowest BCUT2D eigenvalue weighted by Gasteiger charge is -2.06. The molecule has 0 aliphatic heterocycles. The lowest BCUT2D eigenvalue weighted by Crippen LogP contribution is -2.16. The lowest BCUT2D eigenvalue weighted by molar-refractivity contribution is 0.271. The highest BCUT2D eigenvalue weighted by atomic mass is 32.2.